The van der Waals surface area contributed by atoms with Crippen molar-refractivity contribution >= 4 is 0 Å². The van der Waals surface area contributed by atoms with Gasteiger partial charge in [-0.05, 0) is 61.1 Å². The van der Waals surface area contributed by atoms with Crippen molar-refractivity contribution in [2.75, 3.05) is 0 Å². The molecule has 2 fully saturated rings. The third-order valence-electron chi connectivity index (χ3n) is 5.67. The molecule has 0 aliphatic heterocycles. The molecule has 23 heavy (non-hydrogen) atoms. The Labute approximate surface area is 136 Å². The first-order valence-electron chi connectivity index (χ1n) is 8.87. The van der Waals surface area contributed by atoms with Gasteiger partial charge in [-0.3, -0.25) is 0 Å². The van der Waals surface area contributed by atoms with Gasteiger partial charge < -0.3 is 4.74 Å². The summed E-state index contributed by atoms with van der Waals surface area (Å²) in [5, 5.41) is 0. The van der Waals surface area contributed by atoms with Crippen molar-refractivity contribution in [3.8, 4) is 5.75 Å². The summed E-state index contributed by atoms with van der Waals surface area (Å²) in [7, 11) is 0. The van der Waals surface area contributed by atoms with Crippen LogP contribution in [0.15, 0.2) is 24.3 Å². The molecule has 1 nitrogen and oxygen atoms in total. The minimum absolute atomic E-state index is 0.128. The second-order valence-electron chi connectivity index (χ2n) is 7.13. The Morgan fingerprint density at radius 3 is 1.87 bits per heavy atom. The minimum atomic E-state index is -4.61. The van der Waals surface area contributed by atoms with Gasteiger partial charge in [-0.1, -0.05) is 44.2 Å². The SMILES string of the molecule is FC(F)(F)Oc1ccc(C2CCC(C3CCCCC3)CC2)cc1. The molecule has 4 heteroatoms. The zero-order valence-electron chi connectivity index (χ0n) is 13.4. The molecule has 0 bridgehead atoms. The van der Waals surface area contributed by atoms with Crippen LogP contribution < -0.4 is 4.74 Å². The molecule has 0 aromatic heterocycles. The quantitative estimate of drug-likeness (QED) is 0.621. The molecule has 0 amide bonds. The maximum atomic E-state index is 12.2. The molecule has 0 spiro atoms. The number of alkyl halides is 3. The van der Waals surface area contributed by atoms with Gasteiger partial charge in [-0.25, -0.2) is 0 Å². The average molecular weight is 326 g/mol. The van der Waals surface area contributed by atoms with Gasteiger partial charge in [0.05, 0.1) is 0 Å². The molecule has 2 saturated carbocycles. The van der Waals surface area contributed by atoms with E-state index in [1.807, 2.05) is 0 Å². The predicted molar refractivity (Wildman–Crippen MR) is 84.4 cm³/mol. The van der Waals surface area contributed by atoms with Gasteiger partial charge in [0.2, 0.25) is 0 Å². The number of rotatable bonds is 3. The lowest BCUT2D eigenvalue weighted by Crippen LogP contribution is -2.23. The van der Waals surface area contributed by atoms with Crippen LogP contribution in [0.1, 0.15) is 69.3 Å². The fraction of sp³-hybridized carbons (Fsp3) is 0.684. The molecule has 2 aliphatic rings. The lowest BCUT2D eigenvalue weighted by atomic mass is 9.70. The second-order valence-corrected chi connectivity index (χ2v) is 7.13. The summed E-state index contributed by atoms with van der Waals surface area (Å²) in [6.07, 6.45) is 7.26. The van der Waals surface area contributed by atoms with Gasteiger partial charge >= 0.3 is 6.36 Å². The Bertz CT molecular complexity index is 480. The maximum Gasteiger partial charge on any atom is 0.573 e. The van der Waals surface area contributed by atoms with Crippen molar-refractivity contribution in [1.29, 1.82) is 0 Å². The van der Waals surface area contributed by atoms with E-state index in [4.69, 9.17) is 0 Å². The Morgan fingerprint density at radius 1 is 0.739 bits per heavy atom. The van der Waals surface area contributed by atoms with Crippen molar-refractivity contribution in [3.63, 3.8) is 0 Å². The summed E-state index contributed by atoms with van der Waals surface area (Å²) < 4.78 is 40.5. The van der Waals surface area contributed by atoms with E-state index in [-0.39, 0.29) is 5.75 Å². The fourth-order valence-corrected chi connectivity index (χ4v) is 4.47. The van der Waals surface area contributed by atoms with Crippen molar-refractivity contribution in [1.82, 2.24) is 0 Å². The predicted octanol–water partition coefficient (Wildman–Crippen LogP) is 6.44. The molecule has 128 valence electrons. The van der Waals surface area contributed by atoms with Crippen LogP contribution in [-0.2, 0) is 0 Å². The highest BCUT2D eigenvalue weighted by molar-refractivity contribution is 5.29. The molecule has 0 unspecified atom stereocenters. The maximum absolute atomic E-state index is 12.2. The Balaban J connectivity index is 1.53. The van der Waals surface area contributed by atoms with Crippen LogP contribution in [0.25, 0.3) is 0 Å². The molecule has 1 aromatic rings. The highest BCUT2D eigenvalue weighted by atomic mass is 19.4. The lowest BCUT2D eigenvalue weighted by Gasteiger charge is -2.36. The molecular formula is C19H25F3O. The average Bonchev–Trinajstić information content (AvgIpc) is 2.55. The Kier molecular flexibility index (Phi) is 5.17. The lowest BCUT2D eigenvalue weighted by molar-refractivity contribution is -0.274. The number of benzene rings is 1. The van der Waals surface area contributed by atoms with E-state index in [0.29, 0.717) is 5.92 Å². The summed E-state index contributed by atoms with van der Waals surface area (Å²) >= 11 is 0. The largest absolute Gasteiger partial charge is 0.573 e. The number of halogens is 3. The molecular weight excluding hydrogens is 301 g/mol. The third-order valence-corrected chi connectivity index (χ3v) is 5.67. The van der Waals surface area contributed by atoms with Crippen LogP contribution in [0.3, 0.4) is 0 Å². The zero-order valence-corrected chi connectivity index (χ0v) is 13.4. The van der Waals surface area contributed by atoms with Crippen LogP contribution in [0.4, 0.5) is 13.2 Å². The topological polar surface area (TPSA) is 9.23 Å². The van der Waals surface area contributed by atoms with E-state index in [0.717, 1.165) is 17.4 Å². The normalized spacial score (nSPS) is 26.9. The van der Waals surface area contributed by atoms with Gasteiger partial charge in [0, 0.05) is 0 Å². The van der Waals surface area contributed by atoms with E-state index >= 15 is 0 Å². The molecule has 0 saturated heterocycles. The first-order chi connectivity index (χ1) is 11.0. The number of hydrogen-bond donors (Lipinski definition) is 0. The van der Waals surface area contributed by atoms with Crippen LogP contribution in [0, 0.1) is 11.8 Å². The summed E-state index contributed by atoms with van der Waals surface area (Å²) in [5.41, 5.74) is 1.15. The Hall–Kier alpha value is -1.19. The molecule has 2 aliphatic carbocycles. The molecule has 0 atom stereocenters. The highest BCUT2D eigenvalue weighted by Crippen LogP contribution is 2.43. The minimum Gasteiger partial charge on any atom is -0.406 e. The van der Waals surface area contributed by atoms with Gasteiger partial charge in [0.1, 0.15) is 5.75 Å². The van der Waals surface area contributed by atoms with Crippen molar-refractivity contribution < 1.29 is 17.9 Å². The second kappa shape index (κ2) is 7.14. The van der Waals surface area contributed by atoms with E-state index in [1.165, 1.54) is 69.9 Å². The van der Waals surface area contributed by atoms with Crippen LogP contribution in [0.5, 0.6) is 5.75 Å². The highest BCUT2D eigenvalue weighted by Gasteiger charge is 2.31. The summed E-state index contributed by atoms with van der Waals surface area (Å²) in [4.78, 5) is 0. The summed E-state index contributed by atoms with van der Waals surface area (Å²) in [6.45, 7) is 0. The zero-order chi connectivity index (χ0) is 16.3. The van der Waals surface area contributed by atoms with Gasteiger partial charge in [0.25, 0.3) is 0 Å². The number of hydrogen-bond acceptors (Lipinski definition) is 1. The molecule has 1 aromatic carbocycles. The van der Waals surface area contributed by atoms with Crippen LogP contribution >= 0.6 is 0 Å². The van der Waals surface area contributed by atoms with E-state index in [2.05, 4.69) is 4.74 Å². The van der Waals surface area contributed by atoms with Gasteiger partial charge in [-0.2, -0.15) is 0 Å². The molecule has 3 rings (SSSR count). The summed E-state index contributed by atoms with van der Waals surface area (Å²) in [5.74, 6) is 2.17. The van der Waals surface area contributed by atoms with E-state index < -0.39 is 6.36 Å². The van der Waals surface area contributed by atoms with Gasteiger partial charge in [0.15, 0.2) is 0 Å². The Morgan fingerprint density at radius 2 is 1.30 bits per heavy atom. The molecule has 0 radical (unpaired) electrons. The standard InChI is InChI=1S/C19H25F3O/c20-19(21,22)23-18-12-10-17(11-13-18)16-8-6-15(7-9-16)14-4-2-1-3-5-14/h10-16H,1-9H2. The smallest absolute Gasteiger partial charge is 0.406 e. The van der Waals surface area contributed by atoms with Crippen molar-refractivity contribution in [2.45, 2.75) is 70.1 Å². The van der Waals surface area contributed by atoms with E-state index in [9.17, 15) is 13.2 Å². The fourth-order valence-electron chi connectivity index (χ4n) is 4.47. The first kappa shape index (κ1) is 16.7. The van der Waals surface area contributed by atoms with Crippen molar-refractivity contribution in [2.24, 2.45) is 11.8 Å². The van der Waals surface area contributed by atoms with Gasteiger partial charge in [-0.15, -0.1) is 13.2 Å². The summed E-state index contributed by atoms with van der Waals surface area (Å²) in [6, 6.07) is 6.48. The van der Waals surface area contributed by atoms with E-state index in [1.54, 1.807) is 12.1 Å². The first-order valence-corrected chi connectivity index (χ1v) is 8.87. The van der Waals surface area contributed by atoms with Crippen LogP contribution in [-0.4, -0.2) is 6.36 Å². The number of ether oxygens (including phenoxy) is 1. The molecule has 0 N–H and O–H groups in total. The van der Waals surface area contributed by atoms with Crippen molar-refractivity contribution in [3.05, 3.63) is 29.8 Å². The van der Waals surface area contributed by atoms with Crippen LogP contribution in [0.2, 0.25) is 0 Å². The monoisotopic (exact) mass is 326 g/mol. The molecule has 0 heterocycles. The third kappa shape index (κ3) is 4.65.